The van der Waals surface area contributed by atoms with E-state index in [-0.39, 0.29) is 0 Å². The van der Waals surface area contributed by atoms with Gasteiger partial charge in [0.25, 0.3) is 5.82 Å². The van der Waals surface area contributed by atoms with E-state index in [0.29, 0.717) is 22.8 Å². The van der Waals surface area contributed by atoms with Crippen molar-refractivity contribution in [2.45, 2.75) is 0 Å². The summed E-state index contributed by atoms with van der Waals surface area (Å²) in [5, 5.41) is 18.3. The minimum absolute atomic E-state index is 0.292. The van der Waals surface area contributed by atoms with Crippen LogP contribution < -0.4 is 25.5 Å². The zero-order valence-electron chi connectivity index (χ0n) is 12.6. The molecule has 0 amide bonds. The third-order valence-corrected chi connectivity index (χ3v) is 3.96. The van der Waals surface area contributed by atoms with Crippen molar-refractivity contribution in [1.82, 2.24) is 0 Å². The molecule has 1 aliphatic heterocycles. The van der Waals surface area contributed by atoms with Gasteiger partial charge in [-0.05, 0) is 12.1 Å². The fourth-order valence-electron chi connectivity index (χ4n) is 2.73. The van der Waals surface area contributed by atoms with Gasteiger partial charge in [-0.3, -0.25) is 9.80 Å². The van der Waals surface area contributed by atoms with E-state index in [1.165, 1.54) is 0 Å². The van der Waals surface area contributed by atoms with Crippen molar-refractivity contribution in [3.05, 3.63) is 41.6 Å². The van der Waals surface area contributed by atoms with Crippen LogP contribution in [0.15, 0.2) is 30.5 Å². The number of nitrogens with one attached hydrogen (secondary N) is 2. The van der Waals surface area contributed by atoms with Crippen molar-refractivity contribution in [2.24, 2.45) is 0 Å². The average molecular weight is 307 g/mol. The van der Waals surface area contributed by atoms with Crippen molar-refractivity contribution >= 4 is 17.5 Å². The number of nitrogens with zero attached hydrogens (tertiary/aromatic N) is 4. The lowest BCUT2D eigenvalue weighted by Gasteiger charge is -2.28. The van der Waals surface area contributed by atoms with E-state index >= 15 is 0 Å². The van der Waals surface area contributed by atoms with E-state index in [2.05, 4.69) is 25.8 Å². The number of nitrogens with two attached hydrogens (primary N) is 1. The number of hydrogen-bond donors (Lipinski definition) is 1. The van der Waals surface area contributed by atoms with Crippen LogP contribution in [0.25, 0.3) is 0 Å². The van der Waals surface area contributed by atoms with Gasteiger partial charge in [0.2, 0.25) is 11.6 Å². The van der Waals surface area contributed by atoms with Gasteiger partial charge >= 0.3 is 0 Å². The summed E-state index contributed by atoms with van der Waals surface area (Å²) in [5.41, 5.74) is 6.59. The Balaban J connectivity index is 1.79. The molecule has 0 atom stereocenters. The molecule has 1 saturated heterocycles. The van der Waals surface area contributed by atoms with Crippen LogP contribution in [-0.2, 0) is 0 Å². The standard InChI is InChI=1S/C16H15N7/c17-10-12-9-13(11-18)16(21-15(12)19)23-7-5-22(6-8-23)14-3-1-2-4-20-14/h1-4,9H,5-8H2,(H2,19,21)/p+2. The molecular formula is C16H17N7+2. The number of hydrogen-bond acceptors (Lipinski definition) is 5. The quantitative estimate of drug-likeness (QED) is 0.838. The molecule has 0 aromatic carbocycles. The number of H-pyrrole nitrogens is 2. The van der Waals surface area contributed by atoms with Crippen molar-refractivity contribution < 1.29 is 9.97 Å². The van der Waals surface area contributed by atoms with Gasteiger partial charge in [-0.25, -0.2) is 9.97 Å². The Labute approximate surface area is 134 Å². The monoisotopic (exact) mass is 307 g/mol. The SMILES string of the molecule is N#Cc1cc(C#N)c(N2CCN(c3cccc[nH+]3)CC2)[nH+]c1N. The predicted molar refractivity (Wildman–Crippen MR) is 84.3 cm³/mol. The van der Waals surface area contributed by atoms with Gasteiger partial charge in [-0.1, -0.05) is 6.07 Å². The first-order valence-corrected chi connectivity index (χ1v) is 7.35. The van der Waals surface area contributed by atoms with Gasteiger partial charge < -0.3 is 5.73 Å². The molecule has 114 valence electrons. The van der Waals surface area contributed by atoms with Crippen LogP contribution in [0, 0.1) is 22.7 Å². The molecule has 0 saturated carbocycles. The highest BCUT2D eigenvalue weighted by Gasteiger charge is 2.29. The van der Waals surface area contributed by atoms with Crippen LogP contribution in [0.1, 0.15) is 11.1 Å². The molecule has 3 rings (SSSR count). The molecule has 3 heterocycles. The molecule has 2 aromatic rings. The maximum absolute atomic E-state index is 9.33. The van der Waals surface area contributed by atoms with Crippen LogP contribution in [0.3, 0.4) is 0 Å². The van der Waals surface area contributed by atoms with Crippen molar-refractivity contribution in [3.8, 4) is 12.1 Å². The average Bonchev–Trinajstić information content (AvgIpc) is 2.62. The fourth-order valence-corrected chi connectivity index (χ4v) is 2.73. The maximum Gasteiger partial charge on any atom is 0.274 e. The van der Waals surface area contributed by atoms with Crippen LogP contribution in [0.5, 0.6) is 0 Å². The number of nitriles is 2. The molecule has 0 spiro atoms. The summed E-state index contributed by atoms with van der Waals surface area (Å²) in [6.07, 6.45) is 1.91. The molecule has 23 heavy (non-hydrogen) atoms. The molecule has 4 N–H and O–H groups in total. The van der Waals surface area contributed by atoms with Crippen molar-refractivity contribution in [2.75, 3.05) is 41.7 Å². The first-order valence-electron chi connectivity index (χ1n) is 7.35. The second-order valence-corrected chi connectivity index (χ2v) is 5.30. The molecular weight excluding hydrogens is 290 g/mol. The Morgan fingerprint density at radius 2 is 1.70 bits per heavy atom. The van der Waals surface area contributed by atoms with E-state index < -0.39 is 0 Å². The predicted octanol–water partition coefficient (Wildman–Crippen LogP) is -0.0330. The Hall–Kier alpha value is -3.32. The van der Waals surface area contributed by atoms with E-state index in [4.69, 9.17) is 11.0 Å². The third kappa shape index (κ3) is 2.85. The molecule has 0 aliphatic carbocycles. The second kappa shape index (κ2) is 6.20. The van der Waals surface area contributed by atoms with E-state index in [1.54, 1.807) is 6.07 Å². The number of aromatic nitrogens is 2. The lowest BCUT2D eigenvalue weighted by atomic mass is 10.1. The summed E-state index contributed by atoms with van der Waals surface area (Å²) in [6, 6.07) is 11.7. The number of rotatable bonds is 2. The molecule has 7 nitrogen and oxygen atoms in total. The van der Waals surface area contributed by atoms with Crippen LogP contribution in [0.2, 0.25) is 0 Å². The summed E-state index contributed by atoms with van der Waals surface area (Å²) >= 11 is 0. The van der Waals surface area contributed by atoms with Gasteiger partial charge in [-0.15, -0.1) is 0 Å². The summed E-state index contributed by atoms with van der Waals surface area (Å²) in [5.74, 6) is 2.05. The maximum atomic E-state index is 9.33. The molecule has 1 aliphatic rings. The zero-order chi connectivity index (χ0) is 16.2. The lowest BCUT2D eigenvalue weighted by Crippen LogP contribution is -2.49. The van der Waals surface area contributed by atoms with Gasteiger partial charge in [0.1, 0.15) is 49.4 Å². The first kappa shape index (κ1) is 14.6. The summed E-state index contributed by atoms with van der Waals surface area (Å²) < 4.78 is 0. The number of piperazine rings is 1. The zero-order valence-corrected chi connectivity index (χ0v) is 12.6. The lowest BCUT2D eigenvalue weighted by molar-refractivity contribution is -0.364. The van der Waals surface area contributed by atoms with Gasteiger partial charge in [0, 0.05) is 6.07 Å². The normalized spacial score (nSPS) is 14.2. The Morgan fingerprint density at radius 1 is 1.00 bits per heavy atom. The van der Waals surface area contributed by atoms with Crippen LogP contribution in [0.4, 0.5) is 17.5 Å². The molecule has 0 bridgehead atoms. The molecule has 0 radical (unpaired) electrons. The topological polar surface area (TPSA) is 108 Å². The Kier molecular flexibility index (Phi) is 3.94. The number of pyridine rings is 2. The van der Waals surface area contributed by atoms with Crippen LogP contribution in [-0.4, -0.2) is 26.2 Å². The Bertz CT molecular complexity index is 781. The minimum atomic E-state index is 0.292. The van der Waals surface area contributed by atoms with E-state index in [0.717, 1.165) is 32.0 Å². The molecule has 0 unspecified atom stereocenters. The van der Waals surface area contributed by atoms with Crippen LogP contribution >= 0.6 is 0 Å². The molecule has 2 aromatic heterocycles. The van der Waals surface area contributed by atoms with Crippen molar-refractivity contribution in [3.63, 3.8) is 0 Å². The third-order valence-electron chi connectivity index (χ3n) is 3.96. The largest absolute Gasteiger partial charge is 0.318 e. The summed E-state index contributed by atoms with van der Waals surface area (Å²) in [7, 11) is 0. The van der Waals surface area contributed by atoms with Gasteiger partial charge in [-0.2, -0.15) is 10.5 Å². The minimum Gasteiger partial charge on any atom is -0.318 e. The molecule has 7 heteroatoms. The van der Waals surface area contributed by atoms with Gasteiger partial charge in [0.15, 0.2) is 0 Å². The highest BCUT2D eigenvalue weighted by atomic mass is 15.3. The van der Waals surface area contributed by atoms with Crippen molar-refractivity contribution in [1.29, 1.82) is 10.5 Å². The smallest absolute Gasteiger partial charge is 0.274 e. The van der Waals surface area contributed by atoms with Gasteiger partial charge in [0.05, 0.1) is 6.20 Å². The fraction of sp³-hybridized carbons (Fsp3) is 0.250. The number of nitrogen functional groups attached to an aromatic ring is 1. The van der Waals surface area contributed by atoms with E-state index in [9.17, 15) is 5.26 Å². The Morgan fingerprint density at radius 3 is 2.30 bits per heavy atom. The summed E-state index contributed by atoms with van der Waals surface area (Å²) in [6.45, 7) is 3.19. The second-order valence-electron chi connectivity index (χ2n) is 5.30. The summed E-state index contributed by atoms with van der Waals surface area (Å²) in [4.78, 5) is 10.6. The van der Waals surface area contributed by atoms with E-state index in [1.807, 2.05) is 30.5 Å². The number of anilines is 3. The molecule has 1 fully saturated rings. The highest BCUT2D eigenvalue weighted by molar-refractivity contribution is 5.58. The highest BCUT2D eigenvalue weighted by Crippen LogP contribution is 2.20. The first-order chi connectivity index (χ1) is 11.2. The number of aromatic amines is 2.